The van der Waals surface area contributed by atoms with Gasteiger partial charge in [-0.2, -0.15) is 0 Å². The van der Waals surface area contributed by atoms with Crippen molar-refractivity contribution in [1.29, 1.82) is 0 Å². The molecule has 1 aromatic carbocycles. The molecule has 2 rings (SSSR count). The Morgan fingerprint density at radius 2 is 1.88 bits per heavy atom. The first-order valence-electron chi connectivity index (χ1n) is 4.58. The number of hydrogen-bond donors (Lipinski definition) is 0. The van der Waals surface area contributed by atoms with Crippen LogP contribution in [0.4, 0.5) is 0 Å². The molecule has 0 saturated heterocycles. The van der Waals surface area contributed by atoms with Crippen molar-refractivity contribution in [2.24, 2.45) is 10.2 Å². The van der Waals surface area contributed by atoms with E-state index in [0.29, 0.717) is 5.56 Å². The molecule has 0 spiro atoms. The third kappa shape index (κ3) is 1.63. The molecule has 0 N–H and O–H groups in total. The fourth-order valence-electron chi connectivity index (χ4n) is 1.40. The number of amides is 1. The molecule has 0 aliphatic carbocycles. The van der Waals surface area contributed by atoms with Gasteiger partial charge in [0.05, 0.1) is 12.7 Å². The molecule has 1 aromatic rings. The summed E-state index contributed by atoms with van der Waals surface area (Å²) >= 11 is 0. The molecular formula is C11H8N2O3. The van der Waals surface area contributed by atoms with Crippen molar-refractivity contribution in [3.05, 3.63) is 41.6 Å². The van der Waals surface area contributed by atoms with E-state index < -0.39 is 11.9 Å². The molecule has 5 heteroatoms. The van der Waals surface area contributed by atoms with E-state index in [2.05, 4.69) is 15.0 Å². The number of methoxy groups -OCH3 is 1. The van der Waals surface area contributed by atoms with Crippen molar-refractivity contribution < 1.29 is 14.3 Å². The second kappa shape index (κ2) is 4.06. The largest absolute Gasteiger partial charge is 0.464 e. The van der Waals surface area contributed by atoms with Crippen LogP contribution < -0.4 is 0 Å². The Morgan fingerprint density at radius 3 is 2.50 bits per heavy atom. The van der Waals surface area contributed by atoms with Gasteiger partial charge in [-0.3, -0.25) is 4.79 Å². The monoisotopic (exact) mass is 216 g/mol. The van der Waals surface area contributed by atoms with E-state index in [1.165, 1.54) is 7.11 Å². The van der Waals surface area contributed by atoms with Gasteiger partial charge in [0.2, 0.25) is 0 Å². The van der Waals surface area contributed by atoms with Gasteiger partial charge in [0.15, 0.2) is 5.70 Å². The Hall–Kier alpha value is -2.30. The molecule has 80 valence electrons. The summed E-state index contributed by atoms with van der Waals surface area (Å²) in [5.74, 6) is -1.18. The van der Waals surface area contributed by atoms with E-state index in [1.54, 1.807) is 24.3 Å². The molecule has 0 bridgehead atoms. The molecule has 1 aliphatic rings. The summed E-state index contributed by atoms with van der Waals surface area (Å²) in [5, 5.41) is 6.88. The number of ether oxygens (including phenoxy) is 1. The summed E-state index contributed by atoms with van der Waals surface area (Å²) in [6.45, 7) is 0. The SMILES string of the molecule is COC(=O)C1=C(c2ccccc2)C(=O)N=N1. The van der Waals surface area contributed by atoms with Gasteiger partial charge in [-0.05, 0) is 5.56 Å². The lowest BCUT2D eigenvalue weighted by atomic mass is 10.0. The van der Waals surface area contributed by atoms with E-state index in [9.17, 15) is 9.59 Å². The number of esters is 1. The molecule has 0 unspecified atom stereocenters. The topological polar surface area (TPSA) is 68.1 Å². The quantitative estimate of drug-likeness (QED) is 0.704. The molecule has 0 saturated carbocycles. The summed E-state index contributed by atoms with van der Waals surface area (Å²) in [6.07, 6.45) is 0. The van der Waals surface area contributed by atoms with Gasteiger partial charge < -0.3 is 4.74 Å². The van der Waals surface area contributed by atoms with Crippen molar-refractivity contribution in [2.45, 2.75) is 0 Å². The number of rotatable bonds is 2. The summed E-state index contributed by atoms with van der Waals surface area (Å²) in [4.78, 5) is 22.8. The lowest BCUT2D eigenvalue weighted by Gasteiger charge is -2.01. The minimum Gasteiger partial charge on any atom is -0.464 e. The highest BCUT2D eigenvalue weighted by Crippen LogP contribution is 2.27. The Bertz CT molecular complexity index is 503. The zero-order chi connectivity index (χ0) is 11.5. The van der Waals surface area contributed by atoms with Crippen LogP contribution in [0.3, 0.4) is 0 Å². The summed E-state index contributed by atoms with van der Waals surface area (Å²) < 4.78 is 4.53. The average molecular weight is 216 g/mol. The van der Waals surface area contributed by atoms with Gasteiger partial charge in [0.25, 0.3) is 5.91 Å². The maximum absolute atomic E-state index is 11.5. The van der Waals surface area contributed by atoms with Gasteiger partial charge in [-0.1, -0.05) is 30.3 Å². The maximum atomic E-state index is 11.5. The van der Waals surface area contributed by atoms with E-state index in [1.807, 2.05) is 6.07 Å². The lowest BCUT2D eigenvalue weighted by Crippen LogP contribution is -2.05. The van der Waals surface area contributed by atoms with Crippen LogP contribution in [0, 0.1) is 0 Å². The van der Waals surface area contributed by atoms with Gasteiger partial charge in [0.1, 0.15) is 0 Å². The second-order valence-electron chi connectivity index (χ2n) is 3.09. The van der Waals surface area contributed by atoms with Crippen molar-refractivity contribution in [3.8, 4) is 0 Å². The number of hydrogen-bond acceptors (Lipinski definition) is 4. The van der Waals surface area contributed by atoms with Crippen LogP contribution in [-0.2, 0) is 14.3 Å². The number of benzene rings is 1. The first kappa shape index (κ1) is 10.2. The van der Waals surface area contributed by atoms with Crippen LogP contribution in [0.5, 0.6) is 0 Å². The van der Waals surface area contributed by atoms with Crippen LogP contribution in [0.25, 0.3) is 5.57 Å². The van der Waals surface area contributed by atoms with Gasteiger partial charge in [0, 0.05) is 0 Å². The summed E-state index contributed by atoms with van der Waals surface area (Å²) in [7, 11) is 1.23. The van der Waals surface area contributed by atoms with Gasteiger partial charge in [-0.15, -0.1) is 10.2 Å². The van der Waals surface area contributed by atoms with Crippen LogP contribution >= 0.6 is 0 Å². The Labute approximate surface area is 91.4 Å². The molecule has 1 amide bonds. The van der Waals surface area contributed by atoms with Gasteiger partial charge in [-0.25, -0.2) is 4.79 Å². The second-order valence-corrected chi connectivity index (χ2v) is 3.09. The third-order valence-corrected chi connectivity index (χ3v) is 2.13. The van der Waals surface area contributed by atoms with Crippen LogP contribution in [0.2, 0.25) is 0 Å². The van der Waals surface area contributed by atoms with Gasteiger partial charge >= 0.3 is 5.97 Å². The number of carbonyl (C=O) groups excluding carboxylic acids is 2. The van der Waals surface area contributed by atoms with Crippen molar-refractivity contribution in [3.63, 3.8) is 0 Å². The van der Waals surface area contributed by atoms with Crippen LogP contribution in [0.1, 0.15) is 5.56 Å². The number of nitrogens with zero attached hydrogens (tertiary/aromatic N) is 2. The van der Waals surface area contributed by atoms with Crippen LogP contribution in [-0.4, -0.2) is 19.0 Å². The fraction of sp³-hybridized carbons (Fsp3) is 0.0909. The van der Waals surface area contributed by atoms with E-state index >= 15 is 0 Å². The average Bonchev–Trinajstić information content (AvgIpc) is 2.71. The van der Waals surface area contributed by atoms with Crippen molar-refractivity contribution in [2.75, 3.05) is 7.11 Å². The van der Waals surface area contributed by atoms with E-state index in [-0.39, 0.29) is 11.3 Å². The smallest absolute Gasteiger partial charge is 0.359 e. The fourth-order valence-corrected chi connectivity index (χ4v) is 1.40. The molecule has 0 aromatic heterocycles. The Balaban J connectivity index is 2.53. The molecule has 16 heavy (non-hydrogen) atoms. The minimum absolute atomic E-state index is 0.0429. The normalized spacial score (nSPS) is 14.4. The van der Waals surface area contributed by atoms with E-state index in [4.69, 9.17) is 0 Å². The highest BCUT2D eigenvalue weighted by atomic mass is 16.5. The number of carbonyl (C=O) groups is 2. The van der Waals surface area contributed by atoms with Crippen LogP contribution in [0.15, 0.2) is 46.3 Å². The summed E-state index contributed by atoms with van der Waals surface area (Å²) in [5.41, 5.74) is 0.754. The first-order chi connectivity index (χ1) is 7.74. The molecule has 0 radical (unpaired) electrons. The Kier molecular flexibility index (Phi) is 2.59. The molecular weight excluding hydrogens is 208 g/mol. The highest BCUT2D eigenvalue weighted by Gasteiger charge is 2.28. The molecule has 1 heterocycles. The maximum Gasteiger partial charge on any atom is 0.359 e. The summed E-state index contributed by atoms with van der Waals surface area (Å²) in [6, 6.07) is 8.78. The highest BCUT2D eigenvalue weighted by molar-refractivity contribution is 6.26. The predicted molar refractivity (Wildman–Crippen MR) is 55.2 cm³/mol. The molecule has 0 atom stereocenters. The van der Waals surface area contributed by atoms with E-state index in [0.717, 1.165) is 0 Å². The lowest BCUT2D eigenvalue weighted by molar-refractivity contribution is -0.136. The predicted octanol–water partition coefficient (Wildman–Crippen LogP) is 1.56. The standard InChI is InChI=1S/C11H8N2O3/c1-16-11(15)9-8(10(14)13-12-9)7-5-3-2-4-6-7/h2-6H,1H3. The van der Waals surface area contributed by atoms with Crippen molar-refractivity contribution in [1.82, 2.24) is 0 Å². The number of azo groups is 1. The molecule has 5 nitrogen and oxygen atoms in total. The third-order valence-electron chi connectivity index (χ3n) is 2.13. The first-order valence-corrected chi connectivity index (χ1v) is 4.58. The van der Waals surface area contributed by atoms with Crippen molar-refractivity contribution >= 4 is 17.4 Å². The zero-order valence-corrected chi connectivity index (χ0v) is 8.51. The molecule has 1 aliphatic heterocycles. The Morgan fingerprint density at radius 1 is 1.19 bits per heavy atom. The zero-order valence-electron chi connectivity index (χ0n) is 8.51. The molecule has 0 fully saturated rings. The minimum atomic E-state index is -0.659.